The smallest absolute Gasteiger partial charge is 0.259 e. The molecule has 0 aliphatic carbocycles. The van der Waals surface area contributed by atoms with Crippen LogP contribution in [0.4, 0.5) is 0 Å². The van der Waals surface area contributed by atoms with E-state index in [0.29, 0.717) is 24.9 Å². The van der Waals surface area contributed by atoms with E-state index in [4.69, 9.17) is 11.6 Å². The molecule has 1 fully saturated rings. The summed E-state index contributed by atoms with van der Waals surface area (Å²) in [7, 11) is -3.37. The van der Waals surface area contributed by atoms with Gasteiger partial charge in [0.15, 0.2) is 5.03 Å². The minimum absolute atomic E-state index is 0.166. The Morgan fingerprint density at radius 2 is 2.44 bits per heavy atom. The van der Waals surface area contributed by atoms with Crippen LogP contribution in [0.15, 0.2) is 17.3 Å². The van der Waals surface area contributed by atoms with Gasteiger partial charge in [0.1, 0.15) is 0 Å². The Morgan fingerprint density at radius 3 is 3.06 bits per heavy atom. The van der Waals surface area contributed by atoms with Crippen molar-refractivity contribution in [2.45, 2.75) is 17.9 Å². The van der Waals surface area contributed by atoms with Crippen molar-refractivity contribution in [1.29, 1.82) is 0 Å². The van der Waals surface area contributed by atoms with Crippen LogP contribution in [0, 0.1) is 5.92 Å². The molecule has 2 rings (SSSR count). The van der Waals surface area contributed by atoms with Crippen molar-refractivity contribution < 1.29 is 8.42 Å². The highest BCUT2D eigenvalue weighted by molar-refractivity contribution is 7.89. The quantitative estimate of drug-likeness (QED) is 0.826. The Hall–Kier alpha value is -0.590. The zero-order valence-electron chi connectivity index (χ0n) is 8.76. The van der Waals surface area contributed by atoms with E-state index in [1.807, 2.05) is 0 Å². The lowest BCUT2D eigenvalue weighted by Gasteiger charge is -2.14. The Balaban J connectivity index is 2.10. The van der Waals surface area contributed by atoms with Gasteiger partial charge in [0, 0.05) is 19.0 Å². The first-order chi connectivity index (χ1) is 7.64. The highest BCUT2D eigenvalue weighted by atomic mass is 35.5. The molecule has 1 saturated heterocycles. The Morgan fingerprint density at radius 1 is 1.62 bits per heavy atom. The SMILES string of the molecule is O=S(=O)(c1ccn[nH]1)N1CCC(CCCl)C1. The number of hydrogen-bond donors (Lipinski definition) is 1. The topological polar surface area (TPSA) is 66.1 Å². The van der Waals surface area contributed by atoms with Crippen LogP contribution in [-0.4, -0.2) is 41.9 Å². The zero-order valence-corrected chi connectivity index (χ0v) is 10.3. The lowest BCUT2D eigenvalue weighted by atomic mass is 10.1. The molecule has 1 unspecified atom stereocenters. The summed E-state index contributed by atoms with van der Waals surface area (Å²) >= 11 is 5.66. The molecule has 7 heteroatoms. The van der Waals surface area contributed by atoms with E-state index in [-0.39, 0.29) is 5.03 Å². The highest BCUT2D eigenvalue weighted by Gasteiger charge is 2.32. The first-order valence-electron chi connectivity index (χ1n) is 5.20. The van der Waals surface area contributed by atoms with Crippen molar-refractivity contribution >= 4 is 21.6 Å². The minimum atomic E-state index is -3.37. The largest absolute Gasteiger partial charge is 0.266 e. The molecule has 1 atom stereocenters. The van der Waals surface area contributed by atoms with Crippen LogP contribution >= 0.6 is 11.6 Å². The third-order valence-corrected chi connectivity index (χ3v) is 4.87. The van der Waals surface area contributed by atoms with Gasteiger partial charge in [-0.25, -0.2) is 8.42 Å². The predicted octanol–water partition coefficient (Wildman–Crippen LogP) is 1.05. The van der Waals surface area contributed by atoms with Crippen molar-refractivity contribution in [2.24, 2.45) is 5.92 Å². The monoisotopic (exact) mass is 263 g/mol. The number of halogens is 1. The first-order valence-corrected chi connectivity index (χ1v) is 7.17. The van der Waals surface area contributed by atoms with Crippen LogP contribution in [0.5, 0.6) is 0 Å². The molecule has 1 aliphatic heterocycles. The van der Waals surface area contributed by atoms with Gasteiger partial charge in [0.05, 0.1) is 6.20 Å². The number of sulfonamides is 1. The summed E-state index contributed by atoms with van der Waals surface area (Å²) in [5, 5.41) is 6.32. The van der Waals surface area contributed by atoms with E-state index >= 15 is 0 Å². The summed E-state index contributed by atoms with van der Waals surface area (Å²) in [6.45, 7) is 1.14. The molecule has 5 nitrogen and oxygen atoms in total. The number of H-pyrrole nitrogens is 1. The number of aromatic nitrogens is 2. The van der Waals surface area contributed by atoms with Crippen molar-refractivity contribution in [2.75, 3.05) is 19.0 Å². The molecule has 1 N–H and O–H groups in total. The average molecular weight is 264 g/mol. The van der Waals surface area contributed by atoms with Gasteiger partial charge in [-0.05, 0) is 24.8 Å². The predicted molar refractivity (Wildman–Crippen MR) is 60.8 cm³/mol. The van der Waals surface area contributed by atoms with Crippen LogP contribution in [0.25, 0.3) is 0 Å². The molecule has 1 aromatic heterocycles. The maximum absolute atomic E-state index is 12.1. The second-order valence-corrected chi connectivity index (χ2v) is 6.20. The Labute approximate surface area is 99.8 Å². The van der Waals surface area contributed by atoms with Crippen molar-refractivity contribution in [1.82, 2.24) is 14.5 Å². The van der Waals surface area contributed by atoms with Gasteiger partial charge in [0.2, 0.25) is 0 Å². The molecule has 0 bridgehead atoms. The van der Waals surface area contributed by atoms with Gasteiger partial charge in [0.25, 0.3) is 10.0 Å². The van der Waals surface area contributed by atoms with E-state index in [1.54, 1.807) is 0 Å². The van der Waals surface area contributed by atoms with Gasteiger partial charge in [-0.1, -0.05) is 0 Å². The van der Waals surface area contributed by atoms with E-state index in [1.165, 1.54) is 16.6 Å². The Kier molecular flexibility index (Phi) is 3.51. The van der Waals surface area contributed by atoms with Crippen molar-refractivity contribution in [3.05, 3.63) is 12.3 Å². The molecule has 2 heterocycles. The fourth-order valence-electron chi connectivity index (χ4n) is 1.93. The lowest BCUT2D eigenvalue weighted by molar-refractivity contribution is 0.451. The molecular weight excluding hydrogens is 250 g/mol. The molecule has 16 heavy (non-hydrogen) atoms. The second-order valence-electron chi connectivity index (χ2n) is 3.92. The number of nitrogens with one attached hydrogen (secondary N) is 1. The van der Waals surface area contributed by atoms with Crippen molar-refractivity contribution in [3.8, 4) is 0 Å². The summed E-state index contributed by atoms with van der Waals surface area (Å²) in [4.78, 5) is 0. The molecule has 0 radical (unpaired) electrons. The van der Waals surface area contributed by atoms with E-state index in [0.717, 1.165) is 12.8 Å². The number of hydrogen-bond acceptors (Lipinski definition) is 3. The number of aromatic amines is 1. The standard InChI is InChI=1S/C9H14ClN3O2S/c10-4-1-8-3-6-13(7-8)16(14,15)9-2-5-11-12-9/h2,5,8H,1,3-4,6-7H2,(H,11,12). The number of nitrogens with zero attached hydrogens (tertiary/aromatic N) is 2. The molecule has 0 aromatic carbocycles. The fraction of sp³-hybridized carbons (Fsp3) is 0.667. The van der Waals surface area contributed by atoms with E-state index in [9.17, 15) is 8.42 Å². The highest BCUT2D eigenvalue weighted by Crippen LogP contribution is 2.25. The zero-order chi connectivity index (χ0) is 11.6. The number of alkyl halides is 1. The Bertz CT molecular complexity index is 432. The summed E-state index contributed by atoms with van der Waals surface area (Å²) in [6.07, 6.45) is 3.20. The summed E-state index contributed by atoms with van der Waals surface area (Å²) < 4.78 is 25.6. The summed E-state index contributed by atoms with van der Waals surface area (Å²) in [6, 6.07) is 1.48. The minimum Gasteiger partial charge on any atom is -0.266 e. The van der Waals surface area contributed by atoms with Crippen LogP contribution in [0.1, 0.15) is 12.8 Å². The van der Waals surface area contributed by atoms with Crippen LogP contribution in [0.2, 0.25) is 0 Å². The molecule has 1 aromatic rings. The molecular formula is C9H14ClN3O2S. The van der Waals surface area contributed by atoms with E-state index < -0.39 is 10.0 Å². The molecule has 1 aliphatic rings. The molecule has 0 saturated carbocycles. The van der Waals surface area contributed by atoms with Gasteiger partial charge in [-0.2, -0.15) is 9.40 Å². The van der Waals surface area contributed by atoms with E-state index in [2.05, 4.69) is 10.2 Å². The normalized spacial score (nSPS) is 22.7. The maximum atomic E-state index is 12.1. The first kappa shape index (κ1) is 11.9. The van der Waals surface area contributed by atoms with Crippen molar-refractivity contribution in [3.63, 3.8) is 0 Å². The third-order valence-electron chi connectivity index (χ3n) is 2.86. The van der Waals surface area contributed by atoms with Gasteiger partial charge in [-0.3, -0.25) is 5.10 Å². The maximum Gasteiger partial charge on any atom is 0.259 e. The molecule has 0 spiro atoms. The van der Waals surface area contributed by atoms with Crippen LogP contribution in [0.3, 0.4) is 0 Å². The summed E-state index contributed by atoms with van der Waals surface area (Å²) in [5.41, 5.74) is 0. The van der Waals surface area contributed by atoms with Gasteiger partial charge < -0.3 is 0 Å². The number of rotatable bonds is 4. The van der Waals surface area contributed by atoms with Gasteiger partial charge in [-0.15, -0.1) is 11.6 Å². The molecule has 90 valence electrons. The molecule has 0 amide bonds. The average Bonchev–Trinajstić information content (AvgIpc) is 2.88. The second kappa shape index (κ2) is 4.73. The van der Waals surface area contributed by atoms with Crippen LogP contribution < -0.4 is 0 Å². The van der Waals surface area contributed by atoms with Gasteiger partial charge >= 0.3 is 0 Å². The van der Waals surface area contributed by atoms with Crippen LogP contribution in [-0.2, 0) is 10.0 Å². The third kappa shape index (κ3) is 2.23. The fourth-order valence-corrected chi connectivity index (χ4v) is 3.67. The lowest BCUT2D eigenvalue weighted by Crippen LogP contribution is -2.29. The summed E-state index contributed by atoms with van der Waals surface area (Å²) in [5.74, 6) is 0.970.